The van der Waals surface area contributed by atoms with Crippen LogP contribution < -0.4 is 0 Å². The van der Waals surface area contributed by atoms with Crippen LogP contribution in [0.3, 0.4) is 0 Å². The minimum Gasteiger partial charge on any atom is -0.468 e. The molecule has 0 bridgehead atoms. The number of Topliss-reactive ketones (excluding diaryl/α,β-unsaturated/α-hetero) is 1. The fourth-order valence-electron chi connectivity index (χ4n) is 5.97. The fourth-order valence-corrected chi connectivity index (χ4v) is 6.10. The summed E-state index contributed by atoms with van der Waals surface area (Å²) in [5.74, 6) is -1.28. The van der Waals surface area contributed by atoms with Gasteiger partial charge in [-0.05, 0) is 56.2 Å². The molecule has 2 amide bonds. The first-order chi connectivity index (χ1) is 17.4. The lowest BCUT2D eigenvalue weighted by Gasteiger charge is -2.31. The number of ether oxygens (including phenoxy) is 1. The Hall–Kier alpha value is -2.67. The smallest absolute Gasteiger partial charge is 0.318 e. The molecule has 2 saturated heterocycles. The summed E-state index contributed by atoms with van der Waals surface area (Å²) in [5.41, 5.74) is 0.621. The number of ketones is 1. The average Bonchev–Trinajstić information content (AvgIpc) is 3.27. The van der Waals surface area contributed by atoms with Crippen LogP contribution in [0.1, 0.15) is 63.4 Å². The van der Waals surface area contributed by atoms with E-state index < -0.39 is 17.3 Å². The molecule has 2 atom stereocenters. The number of hydrogen-bond donors (Lipinski definition) is 0. The number of amides is 2. The second-order valence-corrected chi connectivity index (χ2v) is 10.5. The molecule has 0 unspecified atom stereocenters. The Labute approximate surface area is 217 Å². The number of nitrogens with zero attached hydrogens (tertiary/aromatic N) is 2. The summed E-state index contributed by atoms with van der Waals surface area (Å²) >= 11 is 6.01. The number of carbonyl (C=O) groups is 4. The number of benzene rings is 1. The molecule has 8 heteroatoms. The summed E-state index contributed by atoms with van der Waals surface area (Å²) in [6.07, 6.45) is 7.92. The lowest BCUT2D eigenvalue weighted by atomic mass is 9.70. The molecule has 0 saturated carbocycles. The number of halogens is 1. The number of methoxy groups -OCH3 is 1. The van der Waals surface area contributed by atoms with Gasteiger partial charge in [0.15, 0.2) is 0 Å². The van der Waals surface area contributed by atoms with Gasteiger partial charge in [0.1, 0.15) is 11.2 Å². The first kappa shape index (κ1) is 26.4. The summed E-state index contributed by atoms with van der Waals surface area (Å²) in [6.45, 7) is 1.73. The first-order valence-corrected chi connectivity index (χ1v) is 13.4. The molecular weight excluding hydrogens is 480 g/mol. The van der Waals surface area contributed by atoms with Crippen molar-refractivity contribution in [3.05, 3.63) is 46.6 Å². The topological polar surface area (TPSA) is 84.0 Å². The minimum absolute atomic E-state index is 0.0106. The number of rotatable bonds is 10. The Bertz CT molecular complexity index is 1040. The van der Waals surface area contributed by atoms with Gasteiger partial charge in [-0.25, -0.2) is 0 Å². The first-order valence-electron chi connectivity index (χ1n) is 13.0. The zero-order valence-corrected chi connectivity index (χ0v) is 21.7. The maximum absolute atomic E-state index is 13.8. The van der Waals surface area contributed by atoms with Crippen molar-refractivity contribution in [1.29, 1.82) is 0 Å². The molecular formula is C28H35ClN2O5. The van der Waals surface area contributed by atoms with Crippen molar-refractivity contribution in [3.8, 4) is 0 Å². The highest BCUT2D eigenvalue weighted by molar-refractivity contribution is 6.30. The molecule has 0 N–H and O–H groups in total. The van der Waals surface area contributed by atoms with E-state index in [1.165, 1.54) is 7.11 Å². The Kier molecular flexibility index (Phi) is 8.50. The Balaban J connectivity index is 1.52. The van der Waals surface area contributed by atoms with Crippen molar-refractivity contribution >= 4 is 35.2 Å². The predicted octanol–water partition coefficient (Wildman–Crippen LogP) is 4.32. The van der Waals surface area contributed by atoms with Crippen molar-refractivity contribution in [2.45, 2.75) is 64.2 Å². The standard InChI is InChI=1S/C28H35ClN2O5/c1-36-27(35)28-15-4-2-3-8-24(28)31(18-14-20-10-12-21(29)13-11-20)26(34)23(28)19-22(32)7-5-16-30-17-6-9-25(30)33/h8,10-13,23H,2-7,9,14-19H2,1H3/t23-,28-/m0/s1. The number of carbonyl (C=O) groups excluding carboxylic acids is 4. The fraction of sp³-hybridized carbons (Fsp3) is 0.571. The molecule has 2 heterocycles. The molecule has 1 aliphatic carbocycles. The summed E-state index contributed by atoms with van der Waals surface area (Å²) in [4.78, 5) is 55.6. The minimum atomic E-state index is -1.12. The molecule has 1 aromatic rings. The summed E-state index contributed by atoms with van der Waals surface area (Å²) in [7, 11) is 1.35. The van der Waals surface area contributed by atoms with Crippen LogP contribution in [-0.2, 0) is 30.3 Å². The highest BCUT2D eigenvalue weighted by Gasteiger charge is 2.61. The van der Waals surface area contributed by atoms with Crippen LogP contribution in [0.2, 0.25) is 5.02 Å². The third-order valence-electron chi connectivity index (χ3n) is 7.84. The third kappa shape index (κ3) is 5.36. The highest BCUT2D eigenvalue weighted by Crippen LogP contribution is 2.53. The van der Waals surface area contributed by atoms with Crippen LogP contribution >= 0.6 is 11.6 Å². The van der Waals surface area contributed by atoms with E-state index in [4.69, 9.17) is 16.3 Å². The Morgan fingerprint density at radius 1 is 1.11 bits per heavy atom. The molecule has 36 heavy (non-hydrogen) atoms. The molecule has 0 spiro atoms. The van der Waals surface area contributed by atoms with E-state index in [-0.39, 0.29) is 30.4 Å². The molecule has 0 radical (unpaired) electrons. The van der Waals surface area contributed by atoms with E-state index >= 15 is 0 Å². The Morgan fingerprint density at radius 2 is 1.89 bits per heavy atom. The van der Waals surface area contributed by atoms with E-state index in [9.17, 15) is 19.2 Å². The van der Waals surface area contributed by atoms with Gasteiger partial charge in [0, 0.05) is 49.6 Å². The monoisotopic (exact) mass is 514 g/mol. The van der Waals surface area contributed by atoms with Crippen molar-refractivity contribution in [1.82, 2.24) is 9.80 Å². The van der Waals surface area contributed by atoms with Gasteiger partial charge in [-0.15, -0.1) is 0 Å². The van der Waals surface area contributed by atoms with E-state index in [2.05, 4.69) is 0 Å². The number of fused-ring (bicyclic) bond motifs is 1. The van der Waals surface area contributed by atoms with Crippen molar-refractivity contribution in [3.63, 3.8) is 0 Å². The zero-order valence-electron chi connectivity index (χ0n) is 21.0. The average molecular weight is 515 g/mol. The normalized spacial score (nSPS) is 23.9. The number of likely N-dealkylation sites (tertiary alicyclic amines) is 2. The van der Waals surface area contributed by atoms with Crippen LogP contribution in [-0.4, -0.2) is 60.1 Å². The van der Waals surface area contributed by atoms with Crippen molar-refractivity contribution in [2.75, 3.05) is 26.7 Å². The maximum atomic E-state index is 13.8. The van der Waals surface area contributed by atoms with E-state index in [1.54, 1.807) is 9.80 Å². The quantitative estimate of drug-likeness (QED) is 0.434. The van der Waals surface area contributed by atoms with E-state index in [0.717, 1.165) is 37.8 Å². The van der Waals surface area contributed by atoms with Crippen molar-refractivity contribution < 1.29 is 23.9 Å². The van der Waals surface area contributed by atoms with Gasteiger partial charge in [-0.1, -0.05) is 36.2 Å². The second kappa shape index (κ2) is 11.6. The van der Waals surface area contributed by atoms with Crippen LogP contribution in [0.4, 0.5) is 0 Å². The number of allylic oxidation sites excluding steroid dienone is 1. The van der Waals surface area contributed by atoms with Gasteiger partial charge in [-0.2, -0.15) is 0 Å². The maximum Gasteiger partial charge on any atom is 0.318 e. The SMILES string of the molecule is COC(=O)[C@]12CCCCC=C1N(CCc1ccc(Cl)cc1)C(=O)[C@@H]2CC(=O)CCCN1CCCC1=O. The van der Waals surface area contributed by atoms with Crippen LogP contribution in [0.5, 0.6) is 0 Å². The van der Waals surface area contributed by atoms with E-state index in [0.29, 0.717) is 49.5 Å². The summed E-state index contributed by atoms with van der Waals surface area (Å²) in [5, 5.41) is 0.653. The second-order valence-electron chi connectivity index (χ2n) is 10.0. The van der Waals surface area contributed by atoms with Gasteiger partial charge in [0.2, 0.25) is 11.8 Å². The molecule has 3 aliphatic rings. The lowest BCUT2D eigenvalue weighted by molar-refractivity contribution is -0.155. The van der Waals surface area contributed by atoms with Gasteiger partial charge >= 0.3 is 5.97 Å². The highest BCUT2D eigenvalue weighted by atomic mass is 35.5. The predicted molar refractivity (Wildman–Crippen MR) is 136 cm³/mol. The van der Waals surface area contributed by atoms with Crippen LogP contribution in [0, 0.1) is 11.3 Å². The number of esters is 1. The van der Waals surface area contributed by atoms with Crippen LogP contribution in [0.25, 0.3) is 0 Å². The van der Waals surface area contributed by atoms with Gasteiger partial charge < -0.3 is 14.5 Å². The third-order valence-corrected chi connectivity index (χ3v) is 8.10. The summed E-state index contributed by atoms with van der Waals surface area (Å²) in [6, 6.07) is 7.52. The molecule has 2 aliphatic heterocycles. The number of hydrogen-bond acceptors (Lipinski definition) is 5. The zero-order chi connectivity index (χ0) is 25.7. The molecule has 194 valence electrons. The van der Waals surface area contributed by atoms with Gasteiger partial charge in [0.25, 0.3) is 0 Å². The molecule has 7 nitrogen and oxygen atoms in total. The lowest BCUT2D eigenvalue weighted by Crippen LogP contribution is -2.40. The van der Waals surface area contributed by atoms with E-state index in [1.807, 2.05) is 30.3 Å². The van der Waals surface area contributed by atoms with Gasteiger partial charge in [-0.3, -0.25) is 19.2 Å². The largest absolute Gasteiger partial charge is 0.468 e. The molecule has 4 rings (SSSR count). The molecule has 0 aromatic heterocycles. The van der Waals surface area contributed by atoms with Gasteiger partial charge in [0.05, 0.1) is 13.0 Å². The summed E-state index contributed by atoms with van der Waals surface area (Å²) < 4.78 is 5.27. The molecule has 1 aromatic carbocycles. The van der Waals surface area contributed by atoms with Crippen molar-refractivity contribution in [2.24, 2.45) is 11.3 Å². The van der Waals surface area contributed by atoms with Crippen LogP contribution in [0.15, 0.2) is 36.0 Å². The Morgan fingerprint density at radius 3 is 2.58 bits per heavy atom. The molecule has 2 fully saturated rings.